The number of halogens is 2. The molecule has 0 saturated heterocycles. The van der Waals surface area contributed by atoms with Crippen LogP contribution in [0.1, 0.15) is 11.1 Å². The van der Waals surface area contributed by atoms with Crippen LogP contribution in [-0.4, -0.2) is 31.3 Å². The molecule has 2 aromatic carbocycles. The third-order valence-electron chi connectivity index (χ3n) is 3.27. The Morgan fingerprint density at radius 2 is 1.42 bits per heavy atom. The summed E-state index contributed by atoms with van der Waals surface area (Å²) in [6, 6.07) is 18.3. The maximum Gasteiger partial charge on any atom is 0.119 e. The van der Waals surface area contributed by atoms with Crippen LogP contribution in [0.3, 0.4) is 0 Å². The Balaban J connectivity index is 0.00000264. The van der Waals surface area contributed by atoms with Crippen molar-refractivity contribution in [2.45, 2.75) is 13.2 Å². The molecular formula is C18H26Cl2N2O2. The van der Waals surface area contributed by atoms with E-state index >= 15 is 0 Å². The number of aliphatic hydroxyl groups is 1. The Morgan fingerprint density at radius 1 is 0.750 bits per heavy atom. The molecule has 0 aromatic heterocycles. The van der Waals surface area contributed by atoms with E-state index in [1.165, 1.54) is 11.1 Å². The van der Waals surface area contributed by atoms with Crippen molar-refractivity contribution in [1.82, 2.24) is 10.6 Å². The molecule has 134 valence electrons. The fourth-order valence-corrected chi connectivity index (χ4v) is 2.06. The molecule has 0 unspecified atom stereocenters. The molecule has 0 heterocycles. The van der Waals surface area contributed by atoms with Gasteiger partial charge in [-0.2, -0.15) is 0 Å². The maximum atomic E-state index is 8.65. The Labute approximate surface area is 156 Å². The quantitative estimate of drug-likeness (QED) is 0.561. The Hall–Kier alpha value is -1.30. The van der Waals surface area contributed by atoms with Gasteiger partial charge in [-0.05, 0) is 23.3 Å². The highest BCUT2D eigenvalue weighted by Gasteiger charge is 1.97. The van der Waals surface area contributed by atoms with Crippen molar-refractivity contribution >= 4 is 24.8 Å². The Bertz CT molecular complexity index is 524. The zero-order chi connectivity index (χ0) is 15.5. The SMILES string of the molecule is Cl.Cl.OCCNCCNCc1ccc(OCc2ccccc2)cc1. The molecule has 0 atom stereocenters. The van der Waals surface area contributed by atoms with Crippen LogP contribution in [0.4, 0.5) is 0 Å². The third-order valence-corrected chi connectivity index (χ3v) is 3.27. The van der Waals surface area contributed by atoms with Gasteiger partial charge in [0.2, 0.25) is 0 Å². The van der Waals surface area contributed by atoms with Gasteiger partial charge in [0, 0.05) is 26.2 Å². The number of hydrogen-bond acceptors (Lipinski definition) is 4. The average molecular weight is 373 g/mol. The van der Waals surface area contributed by atoms with Crippen molar-refractivity contribution in [2.24, 2.45) is 0 Å². The minimum absolute atomic E-state index is 0. The minimum Gasteiger partial charge on any atom is -0.489 e. The summed E-state index contributed by atoms with van der Waals surface area (Å²) in [5.41, 5.74) is 2.40. The van der Waals surface area contributed by atoms with Gasteiger partial charge in [0.1, 0.15) is 12.4 Å². The number of rotatable bonds is 10. The van der Waals surface area contributed by atoms with Crippen molar-refractivity contribution < 1.29 is 9.84 Å². The number of benzene rings is 2. The van der Waals surface area contributed by atoms with Gasteiger partial charge < -0.3 is 20.5 Å². The van der Waals surface area contributed by atoms with E-state index in [0.29, 0.717) is 13.2 Å². The second-order valence-corrected chi connectivity index (χ2v) is 5.07. The van der Waals surface area contributed by atoms with Crippen molar-refractivity contribution in [2.75, 3.05) is 26.2 Å². The lowest BCUT2D eigenvalue weighted by Crippen LogP contribution is -2.28. The molecule has 2 rings (SSSR count). The lowest BCUT2D eigenvalue weighted by Gasteiger charge is -2.08. The Kier molecular flexibility index (Phi) is 13.3. The minimum atomic E-state index is 0. The van der Waals surface area contributed by atoms with Crippen LogP contribution < -0.4 is 15.4 Å². The molecule has 0 fully saturated rings. The van der Waals surface area contributed by atoms with Gasteiger partial charge in [0.15, 0.2) is 0 Å². The van der Waals surface area contributed by atoms with Crippen LogP contribution in [-0.2, 0) is 13.2 Å². The lowest BCUT2D eigenvalue weighted by atomic mass is 10.2. The molecule has 4 nitrogen and oxygen atoms in total. The summed E-state index contributed by atoms with van der Waals surface area (Å²) in [6.07, 6.45) is 0. The number of ether oxygens (including phenoxy) is 1. The summed E-state index contributed by atoms with van der Waals surface area (Å²) in [4.78, 5) is 0. The van der Waals surface area contributed by atoms with E-state index in [4.69, 9.17) is 9.84 Å². The highest BCUT2D eigenvalue weighted by atomic mass is 35.5. The van der Waals surface area contributed by atoms with Crippen molar-refractivity contribution in [3.8, 4) is 5.75 Å². The predicted octanol–water partition coefficient (Wildman–Crippen LogP) is 2.78. The number of nitrogens with one attached hydrogen (secondary N) is 2. The first-order chi connectivity index (χ1) is 10.9. The summed E-state index contributed by atoms with van der Waals surface area (Å²) in [7, 11) is 0. The summed E-state index contributed by atoms with van der Waals surface area (Å²) in [6.45, 7) is 4.00. The topological polar surface area (TPSA) is 53.5 Å². The van der Waals surface area contributed by atoms with Crippen LogP contribution in [0.5, 0.6) is 5.75 Å². The van der Waals surface area contributed by atoms with E-state index in [1.807, 2.05) is 30.3 Å². The standard InChI is InChI=1S/C18H24N2O2.2ClH/c21-13-12-19-10-11-20-14-16-6-8-18(9-7-16)22-15-17-4-2-1-3-5-17;;/h1-9,19-21H,10-15H2;2*1H. The van der Waals surface area contributed by atoms with Gasteiger partial charge in [-0.25, -0.2) is 0 Å². The van der Waals surface area contributed by atoms with Crippen molar-refractivity contribution in [3.05, 3.63) is 65.7 Å². The summed E-state index contributed by atoms with van der Waals surface area (Å²) in [5, 5.41) is 15.1. The molecule has 0 aliphatic heterocycles. The smallest absolute Gasteiger partial charge is 0.119 e. The molecule has 0 saturated carbocycles. The van der Waals surface area contributed by atoms with Crippen LogP contribution in [0.2, 0.25) is 0 Å². The Morgan fingerprint density at radius 3 is 2.08 bits per heavy atom. The average Bonchev–Trinajstić information content (AvgIpc) is 2.58. The number of hydrogen-bond donors (Lipinski definition) is 3. The molecule has 0 amide bonds. The van der Waals surface area contributed by atoms with E-state index in [1.54, 1.807) is 0 Å². The van der Waals surface area contributed by atoms with Crippen molar-refractivity contribution in [1.29, 1.82) is 0 Å². The van der Waals surface area contributed by atoms with Crippen LogP contribution in [0, 0.1) is 0 Å². The molecule has 3 N–H and O–H groups in total. The fourth-order valence-electron chi connectivity index (χ4n) is 2.06. The summed E-state index contributed by atoms with van der Waals surface area (Å²) < 4.78 is 5.76. The first-order valence-corrected chi connectivity index (χ1v) is 7.66. The first kappa shape index (κ1) is 22.7. The molecule has 0 spiro atoms. The molecule has 0 aliphatic carbocycles. The van der Waals surface area contributed by atoms with Gasteiger partial charge in [0.25, 0.3) is 0 Å². The van der Waals surface area contributed by atoms with E-state index in [2.05, 4.69) is 34.9 Å². The first-order valence-electron chi connectivity index (χ1n) is 7.66. The van der Waals surface area contributed by atoms with Gasteiger partial charge in [0.05, 0.1) is 6.61 Å². The predicted molar refractivity (Wildman–Crippen MR) is 103 cm³/mol. The molecule has 2 aromatic rings. The highest BCUT2D eigenvalue weighted by molar-refractivity contribution is 5.85. The lowest BCUT2D eigenvalue weighted by molar-refractivity contribution is 0.292. The molecule has 24 heavy (non-hydrogen) atoms. The van der Waals surface area contributed by atoms with Crippen LogP contribution in [0.15, 0.2) is 54.6 Å². The van der Waals surface area contributed by atoms with E-state index < -0.39 is 0 Å². The van der Waals surface area contributed by atoms with Gasteiger partial charge in [-0.3, -0.25) is 0 Å². The van der Waals surface area contributed by atoms with Gasteiger partial charge >= 0.3 is 0 Å². The third kappa shape index (κ3) is 9.11. The second kappa shape index (κ2) is 14.1. The monoisotopic (exact) mass is 372 g/mol. The normalized spacial score (nSPS) is 9.71. The maximum absolute atomic E-state index is 8.65. The van der Waals surface area contributed by atoms with Crippen molar-refractivity contribution in [3.63, 3.8) is 0 Å². The van der Waals surface area contributed by atoms with E-state index in [0.717, 1.165) is 25.4 Å². The molecule has 6 heteroatoms. The molecule has 0 aliphatic rings. The van der Waals surface area contributed by atoms with Crippen LogP contribution in [0.25, 0.3) is 0 Å². The number of aliphatic hydroxyl groups excluding tert-OH is 1. The van der Waals surface area contributed by atoms with Gasteiger partial charge in [-0.15, -0.1) is 24.8 Å². The summed E-state index contributed by atoms with van der Waals surface area (Å²) >= 11 is 0. The van der Waals surface area contributed by atoms with Crippen LogP contribution >= 0.6 is 24.8 Å². The van der Waals surface area contributed by atoms with E-state index in [-0.39, 0.29) is 31.4 Å². The second-order valence-electron chi connectivity index (χ2n) is 5.07. The fraction of sp³-hybridized carbons (Fsp3) is 0.333. The zero-order valence-corrected chi connectivity index (χ0v) is 15.2. The zero-order valence-electron chi connectivity index (χ0n) is 13.6. The highest BCUT2D eigenvalue weighted by Crippen LogP contribution is 2.14. The largest absolute Gasteiger partial charge is 0.489 e. The molecule has 0 radical (unpaired) electrons. The molecular weight excluding hydrogens is 347 g/mol. The van der Waals surface area contributed by atoms with Gasteiger partial charge in [-0.1, -0.05) is 42.5 Å². The van der Waals surface area contributed by atoms with E-state index in [9.17, 15) is 0 Å². The summed E-state index contributed by atoms with van der Waals surface area (Å²) in [5.74, 6) is 0.886. The molecule has 0 bridgehead atoms.